The van der Waals surface area contributed by atoms with Gasteiger partial charge in [0.15, 0.2) is 0 Å². The van der Waals surface area contributed by atoms with Crippen molar-refractivity contribution in [2.45, 2.75) is 24.8 Å². The summed E-state index contributed by atoms with van der Waals surface area (Å²) in [4.78, 5) is 22.0. The summed E-state index contributed by atoms with van der Waals surface area (Å²) in [5.41, 5.74) is 0. The minimum Gasteiger partial charge on any atom is -0.481 e. The van der Waals surface area contributed by atoms with E-state index in [4.69, 9.17) is 14.9 Å². The summed E-state index contributed by atoms with van der Waals surface area (Å²) in [6, 6.07) is 0. The number of morpholine rings is 1. The fraction of sp³-hybridized carbons (Fsp3) is 0.778. The molecule has 18 heavy (non-hydrogen) atoms. The SMILES string of the molecule is O=C(O)CC1CN(C(=O)C(F)(F)F)CC(CO)O1. The van der Waals surface area contributed by atoms with Gasteiger partial charge in [0.1, 0.15) is 0 Å². The smallest absolute Gasteiger partial charge is 0.471 e. The van der Waals surface area contributed by atoms with Gasteiger partial charge in [-0.3, -0.25) is 9.59 Å². The molecule has 1 heterocycles. The molecule has 1 saturated heterocycles. The Morgan fingerprint density at radius 3 is 2.28 bits per heavy atom. The topological polar surface area (TPSA) is 87.1 Å². The molecule has 0 aromatic rings. The number of hydrogen-bond donors (Lipinski definition) is 2. The Kier molecular flexibility index (Phi) is 4.52. The highest BCUT2D eigenvalue weighted by Crippen LogP contribution is 2.22. The third-order valence-electron chi connectivity index (χ3n) is 2.37. The number of ether oxygens (including phenoxy) is 1. The van der Waals surface area contributed by atoms with Gasteiger partial charge in [0.2, 0.25) is 0 Å². The van der Waals surface area contributed by atoms with Crippen LogP contribution in [-0.2, 0) is 14.3 Å². The minimum absolute atomic E-state index is 0.412. The largest absolute Gasteiger partial charge is 0.481 e. The zero-order valence-electron chi connectivity index (χ0n) is 9.18. The molecule has 1 aliphatic rings. The number of carboxylic acid groups (broad SMARTS) is 1. The van der Waals surface area contributed by atoms with E-state index in [1.807, 2.05) is 0 Å². The lowest BCUT2D eigenvalue weighted by atomic mass is 10.1. The maximum absolute atomic E-state index is 12.2. The molecular formula is C9H12F3NO5. The molecule has 1 rings (SSSR count). The molecule has 1 amide bonds. The Morgan fingerprint density at radius 2 is 1.83 bits per heavy atom. The Labute approximate surface area is 99.9 Å². The van der Waals surface area contributed by atoms with E-state index in [1.54, 1.807) is 0 Å². The summed E-state index contributed by atoms with van der Waals surface area (Å²) in [6.07, 6.45) is -7.61. The van der Waals surface area contributed by atoms with E-state index in [0.717, 1.165) is 0 Å². The summed E-state index contributed by atoms with van der Waals surface area (Å²) in [5, 5.41) is 17.4. The van der Waals surface area contributed by atoms with Gasteiger partial charge in [-0.05, 0) is 0 Å². The summed E-state index contributed by atoms with van der Waals surface area (Å²) in [7, 11) is 0. The summed E-state index contributed by atoms with van der Waals surface area (Å²) >= 11 is 0. The number of halogens is 3. The number of nitrogens with zero attached hydrogens (tertiary/aromatic N) is 1. The van der Waals surface area contributed by atoms with Crippen LogP contribution < -0.4 is 0 Å². The van der Waals surface area contributed by atoms with Crippen molar-refractivity contribution in [2.24, 2.45) is 0 Å². The van der Waals surface area contributed by atoms with Crippen molar-refractivity contribution in [3.8, 4) is 0 Å². The molecule has 0 aromatic carbocycles. The van der Waals surface area contributed by atoms with Crippen LogP contribution in [0, 0.1) is 0 Å². The fourth-order valence-electron chi connectivity index (χ4n) is 1.68. The van der Waals surface area contributed by atoms with Crippen LogP contribution in [0.3, 0.4) is 0 Å². The second kappa shape index (κ2) is 5.53. The quantitative estimate of drug-likeness (QED) is 0.730. The van der Waals surface area contributed by atoms with Crippen LogP contribution in [0.1, 0.15) is 6.42 Å². The number of carboxylic acids is 1. The lowest BCUT2D eigenvalue weighted by Crippen LogP contribution is -2.54. The average molecular weight is 271 g/mol. The molecule has 0 spiro atoms. The van der Waals surface area contributed by atoms with Crippen LogP contribution in [0.2, 0.25) is 0 Å². The molecule has 104 valence electrons. The van der Waals surface area contributed by atoms with E-state index >= 15 is 0 Å². The molecule has 0 aromatic heterocycles. The minimum atomic E-state index is -5.02. The first-order chi connectivity index (χ1) is 8.24. The second-order valence-electron chi connectivity index (χ2n) is 3.87. The van der Waals surface area contributed by atoms with Crippen molar-refractivity contribution >= 4 is 11.9 Å². The molecule has 0 radical (unpaired) electrons. The first-order valence-electron chi connectivity index (χ1n) is 5.08. The number of rotatable bonds is 3. The fourth-order valence-corrected chi connectivity index (χ4v) is 1.68. The number of alkyl halides is 3. The first kappa shape index (κ1) is 14.7. The van der Waals surface area contributed by atoms with Gasteiger partial charge in [0, 0.05) is 13.1 Å². The van der Waals surface area contributed by atoms with Gasteiger partial charge in [0.25, 0.3) is 0 Å². The standard InChI is InChI=1S/C9H12F3NO5/c10-9(11,12)8(17)13-2-5(1-7(15)16)18-6(3-13)4-14/h5-6,14H,1-4H2,(H,15,16). The highest BCUT2D eigenvalue weighted by atomic mass is 19.4. The van der Waals surface area contributed by atoms with Crippen LogP contribution >= 0.6 is 0 Å². The normalized spacial score (nSPS) is 25.0. The summed E-state index contributed by atoms with van der Waals surface area (Å²) in [5.74, 6) is -3.31. The monoisotopic (exact) mass is 271 g/mol. The zero-order valence-corrected chi connectivity index (χ0v) is 9.18. The van der Waals surface area contributed by atoms with Crippen LogP contribution in [0.15, 0.2) is 0 Å². The number of aliphatic hydroxyl groups excluding tert-OH is 1. The molecule has 1 fully saturated rings. The van der Waals surface area contributed by atoms with E-state index < -0.39 is 56.4 Å². The van der Waals surface area contributed by atoms with Crippen molar-refractivity contribution in [1.29, 1.82) is 0 Å². The molecule has 6 nitrogen and oxygen atoms in total. The Morgan fingerprint density at radius 1 is 1.28 bits per heavy atom. The molecule has 0 aliphatic carbocycles. The number of aliphatic carboxylic acids is 1. The average Bonchev–Trinajstić information content (AvgIpc) is 2.25. The van der Waals surface area contributed by atoms with Gasteiger partial charge in [-0.2, -0.15) is 13.2 Å². The van der Waals surface area contributed by atoms with E-state index in [-0.39, 0.29) is 0 Å². The number of aliphatic hydroxyl groups is 1. The lowest BCUT2D eigenvalue weighted by molar-refractivity contribution is -0.197. The predicted molar refractivity (Wildman–Crippen MR) is 50.6 cm³/mol. The van der Waals surface area contributed by atoms with Crippen molar-refractivity contribution in [3.63, 3.8) is 0 Å². The molecule has 1 aliphatic heterocycles. The lowest BCUT2D eigenvalue weighted by Gasteiger charge is -2.37. The van der Waals surface area contributed by atoms with Gasteiger partial charge < -0.3 is 19.8 Å². The van der Waals surface area contributed by atoms with Crippen LogP contribution in [0.25, 0.3) is 0 Å². The Hall–Kier alpha value is -1.35. The van der Waals surface area contributed by atoms with Gasteiger partial charge in [-0.1, -0.05) is 0 Å². The number of amides is 1. The zero-order chi connectivity index (χ0) is 13.9. The number of carbonyl (C=O) groups excluding carboxylic acids is 1. The van der Waals surface area contributed by atoms with Gasteiger partial charge in [-0.25, -0.2) is 0 Å². The third-order valence-corrected chi connectivity index (χ3v) is 2.37. The van der Waals surface area contributed by atoms with Gasteiger partial charge >= 0.3 is 18.1 Å². The van der Waals surface area contributed by atoms with Crippen LogP contribution in [0.4, 0.5) is 13.2 Å². The highest BCUT2D eigenvalue weighted by Gasteiger charge is 2.45. The maximum atomic E-state index is 12.2. The highest BCUT2D eigenvalue weighted by molar-refractivity contribution is 5.82. The molecule has 2 N–H and O–H groups in total. The molecule has 0 bridgehead atoms. The summed E-state index contributed by atoms with van der Waals surface area (Å²) in [6.45, 7) is -1.45. The molecule has 0 saturated carbocycles. The Bertz CT molecular complexity index is 333. The van der Waals surface area contributed by atoms with E-state index in [1.165, 1.54) is 0 Å². The Balaban J connectivity index is 2.74. The van der Waals surface area contributed by atoms with Crippen LogP contribution in [-0.4, -0.2) is 65.1 Å². The van der Waals surface area contributed by atoms with Crippen molar-refractivity contribution < 1.29 is 37.7 Å². The first-order valence-corrected chi connectivity index (χ1v) is 5.08. The number of carbonyl (C=O) groups is 2. The molecule has 9 heteroatoms. The van der Waals surface area contributed by atoms with Crippen molar-refractivity contribution in [3.05, 3.63) is 0 Å². The van der Waals surface area contributed by atoms with Crippen molar-refractivity contribution in [2.75, 3.05) is 19.7 Å². The molecular weight excluding hydrogens is 259 g/mol. The van der Waals surface area contributed by atoms with Gasteiger partial charge in [0.05, 0.1) is 25.2 Å². The van der Waals surface area contributed by atoms with E-state index in [0.29, 0.717) is 4.90 Å². The van der Waals surface area contributed by atoms with Crippen molar-refractivity contribution in [1.82, 2.24) is 4.90 Å². The third kappa shape index (κ3) is 3.84. The predicted octanol–water partition coefficient (Wildman–Crippen LogP) is -0.388. The van der Waals surface area contributed by atoms with E-state index in [9.17, 15) is 22.8 Å². The number of hydrogen-bond acceptors (Lipinski definition) is 4. The second-order valence-corrected chi connectivity index (χ2v) is 3.87. The van der Waals surface area contributed by atoms with Crippen LogP contribution in [0.5, 0.6) is 0 Å². The molecule has 2 unspecified atom stereocenters. The van der Waals surface area contributed by atoms with Gasteiger partial charge in [-0.15, -0.1) is 0 Å². The summed E-state index contributed by atoms with van der Waals surface area (Å²) < 4.78 is 41.8. The molecule has 2 atom stereocenters. The maximum Gasteiger partial charge on any atom is 0.471 e. The van der Waals surface area contributed by atoms with E-state index in [2.05, 4.69) is 0 Å².